The van der Waals surface area contributed by atoms with Crippen LogP contribution in [0.5, 0.6) is 0 Å². The first-order valence-electron chi connectivity index (χ1n) is 11.4. The van der Waals surface area contributed by atoms with E-state index in [1.165, 1.54) is 16.4 Å². The number of nitrogens with zero attached hydrogens (tertiary/aromatic N) is 3. The van der Waals surface area contributed by atoms with Crippen LogP contribution in [0.2, 0.25) is 0 Å². The van der Waals surface area contributed by atoms with Crippen LogP contribution in [0.4, 0.5) is 22.7 Å². The summed E-state index contributed by atoms with van der Waals surface area (Å²) in [5.41, 5.74) is 3.50. The lowest BCUT2D eigenvalue weighted by molar-refractivity contribution is -0.384. The number of sulfonamides is 1. The van der Waals surface area contributed by atoms with Gasteiger partial charge in [-0.15, -0.1) is 0 Å². The van der Waals surface area contributed by atoms with E-state index in [1.54, 1.807) is 48.5 Å². The van der Waals surface area contributed by atoms with Crippen LogP contribution in [0.3, 0.4) is 0 Å². The molecule has 0 unspecified atom stereocenters. The Balaban J connectivity index is 1.76. The monoisotopic (exact) mass is 521 g/mol. The van der Waals surface area contributed by atoms with Crippen LogP contribution in [0.15, 0.2) is 72.8 Å². The lowest BCUT2D eigenvalue weighted by atomic mass is 9.99. The molecule has 0 radical (unpaired) electrons. The molecular formula is C26H27N5O5S. The van der Waals surface area contributed by atoms with Crippen molar-refractivity contribution in [2.24, 2.45) is 0 Å². The van der Waals surface area contributed by atoms with Gasteiger partial charge >= 0.3 is 0 Å². The number of anilines is 3. The first kappa shape index (κ1) is 25.9. The Bertz CT molecular complexity index is 1480. The van der Waals surface area contributed by atoms with Crippen LogP contribution in [-0.2, 0) is 14.8 Å². The fourth-order valence-electron chi connectivity index (χ4n) is 4.05. The van der Waals surface area contributed by atoms with Crippen LogP contribution in [-0.4, -0.2) is 57.6 Å². The summed E-state index contributed by atoms with van der Waals surface area (Å²) in [5.74, 6) is -0.334. The number of likely N-dealkylation sites (N-methyl/N-ethyl adjacent to an activating group) is 1. The number of carbonyl (C=O) groups is 1. The van der Waals surface area contributed by atoms with Gasteiger partial charge in [0.1, 0.15) is 0 Å². The minimum absolute atomic E-state index is 0.107. The second kappa shape index (κ2) is 10.4. The number of rotatable bonds is 9. The number of carbonyl (C=O) groups excluding carboxylic acids is 1. The van der Waals surface area contributed by atoms with Gasteiger partial charge in [-0.2, -0.15) is 0 Å². The van der Waals surface area contributed by atoms with Crippen molar-refractivity contribution in [1.29, 1.82) is 0 Å². The predicted molar refractivity (Wildman–Crippen MR) is 146 cm³/mol. The minimum Gasteiger partial charge on any atom is -0.354 e. The minimum atomic E-state index is -3.50. The van der Waals surface area contributed by atoms with Gasteiger partial charge in [0, 0.05) is 47.7 Å². The maximum atomic E-state index is 13.0. The number of amides is 1. The third-order valence-corrected chi connectivity index (χ3v) is 7.04. The fourth-order valence-corrected chi connectivity index (χ4v) is 4.97. The largest absolute Gasteiger partial charge is 0.354 e. The molecule has 1 amide bonds. The quantitative estimate of drug-likeness (QED) is 0.249. The highest BCUT2D eigenvalue weighted by Gasteiger charge is 2.28. The number of non-ortho nitro benzene ring substituents is 1. The van der Waals surface area contributed by atoms with Crippen LogP contribution < -0.4 is 14.9 Å². The molecule has 0 bridgehead atoms. The number of nitro groups is 1. The molecule has 0 saturated carbocycles. The Morgan fingerprint density at radius 3 is 2.35 bits per heavy atom. The van der Waals surface area contributed by atoms with E-state index >= 15 is 0 Å². The molecule has 2 N–H and O–H groups in total. The van der Waals surface area contributed by atoms with E-state index in [1.807, 2.05) is 31.1 Å². The molecule has 10 nitrogen and oxygen atoms in total. The van der Waals surface area contributed by atoms with Crippen LogP contribution in [0.25, 0.3) is 11.3 Å². The van der Waals surface area contributed by atoms with Gasteiger partial charge in [-0.3, -0.25) is 19.2 Å². The van der Waals surface area contributed by atoms with E-state index in [9.17, 15) is 23.3 Å². The summed E-state index contributed by atoms with van der Waals surface area (Å²) in [6, 6.07) is 20.0. The van der Waals surface area contributed by atoms with E-state index in [0.29, 0.717) is 52.5 Å². The van der Waals surface area contributed by atoms with E-state index < -0.39 is 14.9 Å². The summed E-state index contributed by atoms with van der Waals surface area (Å²) in [7, 11) is 0.239. The summed E-state index contributed by atoms with van der Waals surface area (Å²) >= 11 is 0. The number of hydrogen-bond donors (Lipinski definition) is 2. The lowest BCUT2D eigenvalue weighted by Crippen LogP contribution is -2.35. The second-order valence-electron chi connectivity index (χ2n) is 8.87. The zero-order valence-electron chi connectivity index (χ0n) is 20.6. The summed E-state index contributed by atoms with van der Waals surface area (Å²) in [5, 5.41) is 17.5. The topological polar surface area (TPSA) is 125 Å². The van der Waals surface area contributed by atoms with Crippen molar-refractivity contribution in [3.63, 3.8) is 0 Å². The summed E-state index contributed by atoms with van der Waals surface area (Å²) in [6.45, 7) is 0.836. The number of para-hydroxylation sites is 1. The van der Waals surface area contributed by atoms with Crippen LogP contribution in [0, 0.1) is 10.1 Å². The van der Waals surface area contributed by atoms with Gasteiger partial charge < -0.3 is 15.5 Å². The molecule has 192 valence electrons. The maximum absolute atomic E-state index is 13.0. The van der Waals surface area contributed by atoms with Crippen LogP contribution in [0.1, 0.15) is 11.1 Å². The van der Waals surface area contributed by atoms with Crippen molar-refractivity contribution in [2.45, 2.75) is 0 Å². The maximum Gasteiger partial charge on any atom is 0.270 e. The smallest absolute Gasteiger partial charge is 0.270 e. The second-order valence-corrected chi connectivity index (χ2v) is 10.8. The van der Waals surface area contributed by atoms with Gasteiger partial charge in [0.25, 0.3) is 11.6 Å². The van der Waals surface area contributed by atoms with Gasteiger partial charge in [-0.05, 0) is 44.4 Å². The van der Waals surface area contributed by atoms with Crippen molar-refractivity contribution in [3.05, 3.63) is 94.0 Å². The van der Waals surface area contributed by atoms with Gasteiger partial charge in [-0.25, -0.2) is 8.42 Å². The number of nitrogens with one attached hydrogen (secondary N) is 2. The molecule has 0 saturated heterocycles. The van der Waals surface area contributed by atoms with Gasteiger partial charge in [0.2, 0.25) is 10.0 Å². The Labute approximate surface area is 215 Å². The highest BCUT2D eigenvalue weighted by molar-refractivity contribution is 7.92. The molecule has 1 heterocycles. The van der Waals surface area contributed by atoms with Crippen molar-refractivity contribution in [2.75, 3.05) is 48.4 Å². The SMILES string of the molecule is CN(C)CCN(c1ccc(N/C(=C2\C(=O)Nc3ccccc32)c2cccc([N+](=O)[O-])c2)cc1)S(C)(=O)=O. The zero-order chi connectivity index (χ0) is 26.7. The van der Waals surface area contributed by atoms with Crippen molar-refractivity contribution in [3.8, 4) is 0 Å². The van der Waals surface area contributed by atoms with E-state index in [0.717, 1.165) is 6.26 Å². The molecule has 1 aliphatic rings. The van der Waals surface area contributed by atoms with E-state index in [-0.39, 0.29) is 11.6 Å². The number of fused-ring (bicyclic) bond motifs is 1. The highest BCUT2D eigenvalue weighted by atomic mass is 32.2. The van der Waals surface area contributed by atoms with Crippen LogP contribution >= 0.6 is 0 Å². The summed E-state index contributed by atoms with van der Waals surface area (Å²) in [4.78, 5) is 25.9. The molecule has 3 aromatic carbocycles. The highest BCUT2D eigenvalue weighted by Crippen LogP contribution is 2.38. The first-order chi connectivity index (χ1) is 17.5. The molecule has 0 spiro atoms. The third-order valence-electron chi connectivity index (χ3n) is 5.84. The van der Waals surface area contributed by atoms with E-state index in [2.05, 4.69) is 10.6 Å². The molecule has 1 aliphatic heterocycles. The molecular weight excluding hydrogens is 494 g/mol. The fraction of sp³-hybridized carbons (Fsp3) is 0.192. The molecule has 0 aliphatic carbocycles. The summed E-state index contributed by atoms with van der Waals surface area (Å²) in [6.07, 6.45) is 1.16. The molecule has 0 fully saturated rings. The third kappa shape index (κ3) is 5.79. The van der Waals surface area contributed by atoms with Crippen molar-refractivity contribution >= 4 is 50.0 Å². The lowest BCUT2D eigenvalue weighted by Gasteiger charge is -2.24. The predicted octanol–water partition coefficient (Wildman–Crippen LogP) is 3.85. The Morgan fingerprint density at radius 2 is 1.70 bits per heavy atom. The van der Waals surface area contributed by atoms with Gasteiger partial charge in [-0.1, -0.05) is 30.3 Å². The Morgan fingerprint density at radius 1 is 1.00 bits per heavy atom. The molecule has 0 aromatic heterocycles. The van der Waals surface area contributed by atoms with Gasteiger partial charge in [0.05, 0.1) is 28.1 Å². The average Bonchev–Trinajstić information content (AvgIpc) is 3.18. The molecule has 11 heteroatoms. The Hall–Kier alpha value is -4.22. The average molecular weight is 522 g/mol. The number of hydrogen-bond acceptors (Lipinski definition) is 7. The Kier molecular flexibility index (Phi) is 7.28. The summed E-state index contributed by atoms with van der Waals surface area (Å²) < 4.78 is 26.1. The van der Waals surface area contributed by atoms with Gasteiger partial charge in [0.15, 0.2) is 0 Å². The molecule has 3 aromatic rings. The van der Waals surface area contributed by atoms with Crippen molar-refractivity contribution < 1.29 is 18.1 Å². The normalized spacial score (nSPS) is 14.2. The first-order valence-corrected chi connectivity index (χ1v) is 13.3. The van der Waals surface area contributed by atoms with E-state index in [4.69, 9.17) is 0 Å². The standard InChI is InChI=1S/C26H27N5O5S/c1-29(2)15-16-30(37(3,35)36)20-13-11-19(12-14-20)27-25(18-7-6-8-21(17-18)31(33)34)24-22-9-4-5-10-23(22)28-26(24)32/h4-14,17,27H,15-16H2,1-3H3,(H,28,32)/b25-24-. The zero-order valence-corrected chi connectivity index (χ0v) is 21.5. The van der Waals surface area contributed by atoms with Crippen molar-refractivity contribution in [1.82, 2.24) is 4.90 Å². The molecule has 37 heavy (non-hydrogen) atoms. The molecule has 4 rings (SSSR count). The number of nitro benzene ring substituents is 1. The number of benzene rings is 3. The molecule has 0 atom stereocenters.